The van der Waals surface area contributed by atoms with Gasteiger partial charge in [0.05, 0.1) is 16.7 Å². The Kier molecular flexibility index (Phi) is 7.39. The van der Waals surface area contributed by atoms with E-state index in [0.717, 1.165) is 0 Å². The van der Waals surface area contributed by atoms with E-state index < -0.39 is 18.0 Å². The standard InChI is InChI=1S/C23H32N2O5/c1-13(2)10-11-24-21(27)18-9-8-17(12-19(18)22(24)28)23(29)30-16(7)20(26)25(14(3)4)15(5)6/h8-9,12-16H,10-11H2,1-7H3/t16-/m0/s1. The molecule has 1 aliphatic heterocycles. The molecule has 30 heavy (non-hydrogen) atoms. The number of fused-ring (bicyclic) bond motifs is 1. The van der Waals surface area contributed by atoms with E-state index in [1.54, 1.807) is 4.90 Å². The molecule has 1 atom stereocenters. The van der Waals surface area contributed by atoms with Crippen molar-refractivity contribution in [2.75, 3.05) is 6.54 Å². The fraction of sp³-hybridized carbons (Fsp3) is 0.565. The minimum absolute atomic E-state index is 0.0286. The third kappa shape index (κ3) is 4.89. The van der Waals surface area contributed by atoms with Crippen molar-refractivity contribution in [1.82, 2.24) is 9.80 Å². The molecular weight excluding hydrogens is 384 g/mol. The summed E-state index contributed by atoms with van der Waals surface area (Å²) >= 11 is 0. The molecule has 0 aliphatic carbocycles. The highest BCUT2D eigenvalue weighted by molar-refractivity contribution is 6.22. The molecule has 1 aromatic rings. The summed E-state index contributed by atoms with van der Waals surface area (Å²) in [6.45, 7) is 13.5. The van der Waals surface area contributed by atoms with Crippen LogP contribution >= 0.6 is 0 Å². The van der Waals surface area contributed by atoms with Gasteiger partial charge in [0.15, 0.2) is 6.10 Å². The van der Waals surface area contributed by atoms with Crippen LogP contribution in [-0.2, 0) is 9.53 Å². The summed E-state index contributed by atoms with van der Waals surface area (Å²) in [5.74, 6) is -1.37. The van der Waals surface area contributed by atoms with Gasteiger partial charge in [0.1, 0.15) is 0 Å². The fourth-order valence-corrected chi connectivity index (χ4v) is 3.60. The number of carbonyl (C=O) groups is 4. The van der Waals surface area contributed by atoms with Crippen molar-refractivity contribution in [2.24, 2.45) is 5.92 Å². The summed E-state index contributed by atoms with van der Waals surface area (Å²) in [5, 5.41) is 0. The quantitative estimate of drug-likeness (QED) is 0.478. The van der Waals surface area contributed by atoms with Gasteiger partial charge in [0.2, 0.25) is 0 Å². The Bertz CT molecular complexity index is 836. The molecule has 0 unspecified atom stereocenters. The molecule has 0 spiro atoms. The smallest absolute Gasteiger partial charge is 0.338 e. The number of imide groups is 1. The van der Waals surface area contributed by atoms with E-state index in [0.29, 0.717) is 18.9 Å². The minimum Gasteiger partial charge on any atom is -0.449 e. The molecule has 164 valence electrons. The molecule has 0 fully saturated rings. The average molecular weight is 417 g/mol. The van der Waals surface area contributed by atoms with Gasteiger partial charge >= 0.3 is 5.97 Å². The van der Waals surface area contributed by atoms with Gasteiger partial charge in [0.25, 0.3) is 17.7 Å². The molecule has 1 aromatic carbocycles. The van der Waals surface area contributed by atoms with Crippen molar-refractivity contribution < 1.29 is 23.9 Å². The zero-order valence-electron chi connectivity index (χ0n) is 18.9. The Morgan fingerprint density at radius 2 is 1.50 bits per heavy atom. The van der Waals surface area contributed by atoms with Crippen molar-refractivity contribution in [3.8, 4) is 0 Å². The number of benzene rings is 1. The maximum Gasteiger partial charge on any atom is 0.338 e. The minimum atomic E-state index is -0.963. The predicted molar refractivity (Wildman–Crippen MR) is 113 cm³/mol. The van der Waals surface area contributed by atoms with Crippen LogP contribution in [0.1, 0.15) is 86.0 Å². The SMILES string of the molecule is CC(C)CCN1C(=O)c2ccc(C(=O)O[C@@H](C)C(=O)N(C(C)C)C(C)C)cc2C1=O. The topological polar surface area (TPSA) is 84.0 Å². The monoisotopic (exact) mass is 416 g/mol. The summed E-state index contributed by atoms with van der Waals surface area (Å²) < 4.78 is 5.37. The van der Waals surface area contributed by atoms with Crippen molar-refractivity contribution in [1.29, 1.82) is 0 Å². The predicted octanol–water partition coefficient (Wildman–Crippen LogP) is 3.52. The second-order valence-electron chi connectivity index (χ2n) is 8.69. The lowest BCUT2D eigenvalue weighted by Crippen LogP contribution is -2.47. The van der Waals surface area contributed by atoms with Gasteiger partial charge in [-0.15, -0.1) is 0 Å². The van der Waals surface area contributed by atoms with Gasteiger partial charge in [-0.1, -0.05) is 13.8 Å². The van der Waals surface area contributed by atoms with Crippen LogP contribution in [0.4, 0.5) is 0 Å². The average Bonchev–Trinajstić information content (AvgIpc) is 2.89. The number of rotatable bonds is 8. The van der Waals surface area contributed by atoms with Gasteiger partial charge in [-0.05, 0) is 65.2 Å². The summed E-state index contributed by atoms with van der Waals surface area (Å²) in [5.41, 5.74) is 0.624. The molecule has 1 heterocycles. The molecule has 7 nitrogen and oxygen atoms in total. The molecule has 0 radical (unpaired) electrons. The Balaban J connectivity index is 2.16. The first kappa shape index (κ1) is 23.6. The third-order valence-corrected chi connectivity index (χ3v) is 5.14. The number of ether oxygens (including phenoxy) is 1. The van der Waals surface area contributed by atoms with Crippen LogP contribution in [0.5, 0.6) is 0 Å². The van der Waals surface area contributed by atoms with Gasteiger partial charge in [0, 0.05) is 18.6 Å². The lowest BCUT2D eigenvalue weighted by atomic mass is 10.1. The highest BCUT2D eigenvalue weighted by Gasteiger charge is 2.36. The molecular formula is C23H32N2O5. The van der Waals surface area contributed by atoms with Gasteiger partial charge in [-0.25, -0.2) is 4.79 Å². The second kappa shape index (κ2) is 9.41. The number of hydrogen-bond acceptors (Lipinski definition) is 5. The van der Waals surface area contributed by atoms with E-state index >= 15 is 0 Å². The van der Waals surface area contributed by atoms with Crippen LogP contribution in [-0.4, -0.2) is 58.2 Å². The lowest BCUT2D eigenvalue weighted by Gasteiger charge is -2.32. The highest BCUT2D eigenvalue weighted by atomic mass is 16.5. The summed E-state index contributed by atoms with van der Waals surface area (Å²) in [7, 11) is 0. The van der Waals surface area contributed by atoms with Crippen molar-refractivity contribution >= 4 is 23.7 Å². The Morgan fingerprint density at radius 1 is 0.933 bits per heavy atom. The first-order chi connectivity index (χ1) is 14.0. The first-order valence-corrected chi connectivity index (χ1v) is 10.5. The molecule has 0 saturated carbocycles. The molecule has 1 aliphatic rings. The molecule has 0 saturated heterocycles. The highest BCUT2D eigenvalue weighted by Crippen LogP contribution is 2.25. The van der Waals surface area contributed by atoms with E-state index in [1.807, 2.05) is 41.5 Å². The van der Waals surface area contributed by atoms with Crippen molar-refractivity contribution in [3.63, 3.8) is 0 Å². The summed E-state index contributed by atoms with van der Waals surface area (Å²) in [4.78, 5) is 53.3. The van der Waals surface area contributed by atoms with E-state index in [1.165, 1.54) is 30.0 Å². The fourth-order valence-electron chi connectivity index (χ4n) is 3.60. The number of amides is 3. The molecule has 0 bridgehead atoms. The van der Waals surface area contributed by atoms with E-state index in [4.69, 9.17) is 4.74 Å². The number of nitrogens with zero attached hydrogens (tertiary/aromatic N) is 2. The van der Waals surface area contributed by atoms with Crippen LogP contribution in [0.3, 0.4) is 0 Å². The number of carbonyl (C=O) groups excluding carboxylic acids is 4. The Hall–Kier alpha value is -2.70. The van der Waals surface area contributed by atoms with Crippen molar-refractivity contribution in [3.05, 3.63) is 34.9 Å². The maximum absolute atomic E-state index is 12.7. The first-order valence-electron chi connectivity index (χ1n) is 10.5. The Morgan fingerprint density at radius 3 is 2.03 bits per heavy atom. The summed E-state index contributed by atoms with van der Waals surface area (Å²) in [6, 6.07) is 4.26. The molecule has 7 heteroatoms. The zero-order valence-corrected chi connectivity index (χ0v) is 18.9. The second-order valence-corrected chi connectivity index (χ2v) is 8.69. The van der Waals surface area contributed by atoms with E-state index in [2.05, 4.69) is 0 Å². The summed E-state index contributed by atoms with van der Waals surface area (Å²) in [6.07, 6.45) is -0.252. The van der Waals surface area contributed by atoms with Crippen LogP contribution in [0.2, 0.25) is 0 Å². The molecule has 3 amide bonds. The van der Waals surface area contributed by atoms with Crippen LogP contribution in [0.25, 0.3) is 0 Å². The zero-order chi connectivity index (χ0) is 22.7. The van der Waals surface area contributed by atoms with E-state index in [9.17, 15) is 19.2 Å². The van der Waals surface area contributed by atoms with Crippen LogP contribution < -0.4 is 0 Å². The normalized spacial score (nSPS) is 14.5. The van der Waals surface area contributed by atoms with Gasteiger partial charge in [-0.3, -0.25) is 19.3 Å². The maximum atomic E-state index is 12.7. The lowest BCUT2D eigenvalue weighted by molar-refractivity contribution is -0.143. The number of esters is 1. The molecule has 0 N–H and O–H groups in total. The third-order valence-electron chi connectivity index (χ3n) is 5.14. The van der Waals surface area contributed by atoms with Gasteiger partial charge < -0.3 is 9.64 Å². The number of hydrogen-bond donors (Lipinski definition) is 0. The van der Waals surface area contributed by atoms with Gasteiger partial charge in [-0.2, -0.15) is 0 Å². The van der Waals surface area contributed by atoms with Crippen LogP contribution in [0.15, 0.2) is 18.2 Å². The molecule has 0 aromatic heterocycles. The van der Waals surface area contributed by atoms with E-state index in [-0.39, 0.29) is 40.6 Å². The van der Waals surface area contributed by atoms with Crippen molar-refractivity contribution in [2.45, 2.75) is 73.1 Å². The van der Waals surface area contributed by atoms with Crippen LogP contribution in [0, 0.1) is 5.92 Å². The largest absolute Gasteiger partial charge is 0.449 e. The Labute approximate surface area is 178 Å². The molecule has 2 rings (SSSR count).